The minimum absolute atomic E-state index is 0.343. The Morgan fingerprint density at radius 2 is 2.29 bits per heavy atom. The van der Waals surface area contributed by atoms with Crippen LogP contribution in [0.3, 0.4) is 0 Å². The summed E-state index contributed by atoms with van der Waals surface area (Å²) in [6.45, 7) is 4.14. The molecule has 1 N–H and O–H groups in total. The molecule has 0 radical (unpaired) electrons. The summed E-state index contributed by atoms with van der Waals surface area (Å²) in [5.41, 5.74) is 2.32. The van der Waals surface area contributed by atoms with Crippen molar-refractivity contribution in [1.29, 1.82) is 0 Å². The van der Waals surface area contributed by atoms with Crippen molar-refractivity contribution in [3.8, 4) is 0 Å². The van der Waals surface area contributed by atoms with Gasteiger partial charge in [-0.05, 0) is 50.4 Å². The Kier molecular flexibility index (Phi) is 4.15. The zero-order valence-electron chi connectivity index (χ0n) is 10.1. The summed E-state index contributed by atoms with van der Waals surface area (Å²) in [5.74, 6) is 0. The van der Waals surface area contributed by atoms with Crippen molar-refractivity contribution in [2.45, 2.75) is 29.3 Å². The molecule has 3 nitrogen and oxygen atoms in total. The molecular formula is C12H15N3S2. The number of hydrogen-bond donors (Lipinski definition) is 1. The Labute approximate surface area is 110 Å². The standard InChI is InChI=1S/C12H15N3S2/c1-8-7-16-12(15-8)17-11-6-10(4-5-14-11)9(2)13-3/h4-7,9,13H,1-3H3. The van der Waals surface area contributed by atoms with Crippen LogP contribution in [0.5, 0.6) is 0 Å². The van der Waals surface area contributed by atoms with Crippen molar-refractivity contribution in [2.75, 3.05) is 7.05 Å². The topological polar surface area (TPSA) is 37.8 Å². The van der Waals surface area contributed by atoms with Crippen molar-refractivity contribution in [2.24, 2.45) is 0 Å². The van der Waals surface area contributed by atoms with E-state index in [1.165, 1.54) is 5.56 Å². The third kappa shape index (κ3) is 3.28. The Bertz CT molecular complexity index is 496. The minimum atomic E-state index is 0.343. The van der Waals surface area contributed by atoms with Gasteiger partial charge in [-0.2, -0.15) is 0 Å². The maximum atomic E-state index is 4.43. The fourth-order valence-electron chi connectivity index (χ4n) is 1.39. The molecule has 1 unspecified atom stereocenters. The summed E-state index contributed by atoms with van der Waals surface area (Å²) >= 11 is 3.28. The van der Waals surface area contributed by atoms with Crippen LogP contribution >= 0.6 is 23.1 Å². The Hall–Kier alpha value is -0.910. The van der Waals surface area contributed by atoms with E-state index in [0.29, 0.717) is 6.04 Å². The van der Waals surface area contributed by atoms with E-state index in [1.54, 1.807) is 23.1 Å². The largest absolute Gasteiger partial charge is 0.313 e. The molecule has 17 heavy (non-hydrogen) atoms. The van der Waals surface area contributed by atoms with Crippen molar-refractivity contribution in [3.05, 3.63) is 35.0 Å². The first kappa shape index (κ1) is 12.5. The van der Waals surface area contributed by atoms with Gasteiger partial charge in [0, 0.05) is 23.3 Å². The molecule has 5 heteroatoms. The third-order valence-corrected chi connectivity index (χ3v) is 4.47. The highest BCUT2D eigenvalue weighted by Crippen LogP contribution is 2.29. The average Bonchev–Trinajstić information content (AvgIpc) is 2.74. The van der Waals surface area contributed by atoms with Crippen LogP contribution in [0.1, 0.15) is 24.2 Å². The number of aryl methyl sites for hydroxylation is 1. The number of rotatable bonds is 4. The zero-order chi connectivity index (χ0) is 12.3. The maximum Gasteiger partial charge on any atom is 0.156 e. The summed E-state index contributed by atoms with van der Waals surface area (Å²) < 4.78 is 1.05. The van der Waals surface area contributed by atoms with Gasteiger partial charge in [0.25, 0.3) is 0 Å². The Balaban J connectivity index is 2.16. The van der Waals surface area contributed by atoms with Crippen LogP contribution in [-0.2, 0) is 0 Å². The summed E-state index contributed by atoms with van der Waals surface area (Å²) in [5, 5.41) is 6.28. The van der Waals surface area contributed by atoms with Gasteiger partial charge in [-0.3, -0.25) is 0 Å². The lowest BCUT2D eigenvalue weighted by Gasteiger charge is -2.10. The normalized spacial score (nSPS) is 12.6. The van der Waals surface area contributed by atoms with Crippen molar-refractivity contribution in [1.82, 2.24) is 15.3 Å². The van der Waals surface area contributed by atoms with Gasteiger partial charge < -0.3 is 5.32 Å². The first-order valence-corrected chi connectivity index (χ1v) is 7.12. The quantitative estimate of drug-likeness (QED) is 0.920. The van der Waals surface area contributed by atoms with Gasteiger partial charge in [-0.1, -0.05) is 0 Å². The van der Waals surface area contributed by atoms with Gasteiger partial charge in [0.05, 0.1) is 0 Å². The fourth-order valence-corrected chi connectivity index (χ4v) is 3.18. The third-order valence-electron chi connectivity index (χ3n) is 2.48. The minimum Gasteiger partial charge on any atom is -0.313 e. The molecule has 0 spiro atoms. The number of aromatic nitrogens is 2. The molecule has 0 saturated heterocycles. The highest BCUT2D eigenvalue weighted by atomic mass is 32.2. The van der Waals surface area contributed by atoms with Gasteiger partial charge in [-0.25, -0.2) is 9.97 Å². The first-order valence-electron chi connectivity index (χ1n) is 5.42. The maximum absolute atomic E-state index is 4.43. The molecule has 0 saturated carbocycles. The van der Waals surface area contributed by atoms with Crippen molar-refractivity contribution < 1.29 is 0 Å². The predicted molar refractivity (Wildman–Crippen MR) is 72.7 cm³/mol. The van der Waals surface area contributed by atoms with Crippen LogP contribution in [0.4, 0.5) is 0 Å². The number of nitrogens with zero attached hydrogens (tertiary/aromatic N) is 2. The smallest absolute Gasteiger partial charge is 0.156 e. The first-order chi connectivity index (χ1) is 8.19. The lowest BCUT2D eigenvalue weighted by Crippen LogP contribution is -2.12. The predicted octanol–water partition coefficient (Wildman–Crippen LogP) is 3.28. The second-order valence-corrected chi connectivity index (χ2v) is 5.92. The number of pyridine rings is 1. The summed E-state index contributed by atoms with van der Waals surface area (Å²) in [6.07, 6.45) is 1.85. The van der Waals surface area contributed by atoms with Gasteiger partial charge >= 0.3 is 0 Å². The average molecular weight is 265 g/mol. The molecule has 0 aromatic carbocycles. The summed E-state index contributed by atoms with van der Waals surface area (Å²) in [6, 6.07) is 4.50. The van der Waals surface area contributed by atoms with Gasteiger partial charge in [0.1, 0.15) is 5.03 Å². The molecule has 2 heterocycles. The van der Waals surface area contributed by atoms with E-state index in [2.05, 4.69) is 33.7 Å². The Morgan fingerprint density at radius 3 is 2.94 bits per heavy atom. The molecule has 0 aliphatic heterocycles. The van der Waals surface area contributed by atoms with E-state index < -0.39 is 0 Å². The SMILES string of the molecule is CNC(C)c1ccnc(Sc2nc(C)cs2)c1. The van der Waals surface area contributed by atoms with Crippen molar-refractivity contribution >= 4 is 23.1 Å². The van der Waals surface area contributed by atoms with Crippen LogP contribution in [0.2, 0.25) is 0 Å². The van der Waals surface area contributed by atoms with Gasteiger partial charge in [0.15, 0.2) is 4.34 Å². The molecule has 1 atom stereocenters. The van der Waals surface area contributed by atoms with Gasteiger partial charge in [0.2, 0.25) is 0 Å². The molecular weight excluding hydrogens is 250 g/mol. The van der Waals surface area contributed by atoms with Crippen molar-refractivity contribution in [3.63, 3.8) is 0 Å². The zero-order valence-corrected chi connectivity index (χ0v) is 11.7. The molecule has 0 aliphatic rings. The molecule has 0 amide bonds. The summed E-state index contributed by atoms with van der Waals surface area (Å²) in [4.78, 5) is 8.79. The molecule has 2 rings (SSSR count). The van der Waals surface area contributed by atoms with E-state index in [0.717, 1.165) is 15.1 Å². The molecule has 2 aromatic rings. The van der Waals surface area contributed by atoms with Crippen LogP contribution in [0.25, 0.3) is 0 Å². The fraction of sp³-hybridized carbons (Fsp3) is 0.333. The molecule has 2 aromatic heterocycles. The van der Waals surface area contributed by atoms with E-state index in [-0.39, 0.29) is 0 Å². The lowest BCUT2D eigenvalue weighted by molar-refractivity contribution is 0.649. The van der Waals surface area contributed by atoms with Gasteiger partial charge in [-0.15, -0.1) is 11.3 Å². The number of nitrogens with one attached hydrogen (secondary N) is 1. The van der Waals surface area contributed by atoms with Crippen LogP contribution in [0.15, 0.2) is 33.1 Å². The van der Waals surface area contributed by atoms with E-state index in [4.69, 9.17) is 0 Å². The molecule has 0 fully saturated rings. The molecule has 90 valence electrons. The highest BCUT2D eigenvalue weighted by Gasteiger charge is 2.07. The molecule has 0 aliphatic carbocycles. The van der Waals surface area contributed by atoms with Crippen LogP contribution in [0, 0.1) is 6.92 Å². The highest BCUT2D eigenvalue weighted by molar-refractivity contribution is 8.01. The second kappa shape index (κ2) is 5.62. The lowest BCUT2D eigenvalue weighted by atomic mass is 10.1. The van der Waals surface area contributed by atoms with E-state index in [1.807, 2.05) is 26.2 Å². The van der Waals surface area contributed by atoms with E-state index in [9.17, 15) is 0 Å². The van der Waals surface area contributed by atoms with E-state index >= 15 is 0 Å². The number of thiazole rings is 1. The second-order valence-electron chi connectivity index (χ2n) is 3.79. The number of hydrogen-bond acceptors (Lipinski definition) is 5. The van der Waals surface area contributed by atoms with Crippen LogP contribution < -0.4 is 5.32 Å². The van der Waals surface area contributed by atoms with Crippen LogP contribution in [-0.4, -0.2) is 17.0 Å². The Morgan fingerprint density at radius 1 is 1.47 bits per heavy atom. The molecule has 0 bridgehead atoms. The monoisotopic (exact) mass is 265 g/mol. The summed E-state index contributed by atoms with van der Waals surface area (Å²) in [7, 11) is 1.96.